The van der Waals surface area contributed by atoms with Crippen molar-refractivity contribution in [1.82, 2.24) is 19.9 Å². The summed E-state index contributed by atoms with van der Waals surface area (Å²) in [7, 11) is 0. The maximum absolute atomic E-state index is 12.0. The number of ether oxygens (including phenoxy) is 2. The minimum Gasteiger partial charge on any atom is -0.493 e. The summed E-state index contributed by atoms with van der Waals surface area (Å²) >= 11 is 0. The summed E-state index contributed by atoms with van der Waals surface area (Å²) in [4.78, 5) is 8.96. The molecule has 10 heteroatoms. The molecule has 0 N–H and O–H groups in total. The van der Waals surface area contributed by atoms with E-state index in [4.69, 9.17) is 9.26 Å². The van der Waals surface area contributed by atoms with Crippen LogP contribution in [0.4, 0.5) is 13.2 Å². The molecule has 0 spiro atoms. The molecule has 1 aromatic heterocycles. The van der Waals surface area contributed by atoms with E-state index in [9.17, 15) is 13.2 Å². The first-order valence-electron chi connectivity index (χ1n) is 10.1. The van der Waals surface area contributed by atoms with E-state index in [0.29, 0.717) is 31.3 Å². The van der Waals surface area contributed by atoms with Crippen molar-refractivity contribution in [3.63, 3.8) is 0 Å². The van der Waals surface area contributed by atoms with Crippen LogP contribution in [0.5, 0.6) is 5.75 Å². The van der Waals surface area contributed by atoms with Crippen LogP contribution in [0.1, 0.15) is 19.2 Å². The van der Waals surface area contributed by atoms with Gasteiger partial charge >= 0.3 is 6.18 Å². The topological polar surface area (TPSA) is 63.9 Å². The zero-order valence-corrected chi connectivity index (χ0v) is 17.0. The van der Waals surface area contributed by atoms with E-state index in [1.54, 1.807) is 0 Å². The first kappa shape index (κ1) is 22.5. The molecule has 166 valence electrons. The third kappa shape index (κ3) is 6.96. The SMILES string of the molecule is CCOc1ccccc1-c1noc(CN2CCN(CCCOCC(F)(F)F)CC2)n1. The van der Waals surface area contributed by atoms with Crippen molar-refractivity contribution in [3.8, 4) is 17.1 Å². The normalized spacial score (nSPS) is 16.1. The van der Waals surface area contributed by atoms with E-state index in [1.807, 2.05) is 31.2 Å². The summed E-state index contributed by atoms with van der Waals surface area (Å²) in [5.41, 5.74) is 0.798. The number of hydrogen-bond acceptors (Lipinski definition) is 7. The van der Waals surface area contributed by atoms with E-state index in [1.165, 1.54) is 0 Å². The van der Waals surface area contributed by atoms with Crippen LogP contribution in [0.2, 0.25) is 0 Å². The van der Waals surface area contributed by atoms with Crippen molar-refractivity contribution >= 4 is 0 Å². The van der Waals surface area contributed by atoms with Crippen molar-refractivity contribution in [2.45, 2.75) is 26.1 Å². The Hall–Kier alpha value is -2.17. The van der Waals surface area contributed by atoms with Crippen molar-refractivity contribution < 1.29 is 27.2 Å². The third-order valence-corrected chi connectivity index (χ3v) is 4.75. The van der Waals surface area contributed by atoms with Gasteiger partial charge in [-0.05, 0) is 25.5 Å². The second kappa shape index (κ2) is 10.7. The van der Waals surface area contributed by atoms with Crippen LogP contribution in [-0.2, 0) is 11.3 Å². The van der Waals surface area contributed by atoms with Crippen LogP contribution in [0, 0.1) is 0 Å². The van der Waals surface area contributed by atoms with Gasteiger partial charge in [0.05, 0.1) is 18.7 Å². The second-order valence-electron chi connectivity index (χ2n) is 7.08. The fraction of sp³-hybridized carbons (Fsp3) is 0.600. The second-order valence-corrected chi connectivity index (χ2v) is 7.08. The van der Waals surface area contributed by atoms with Crippen molar-refractivity contribution in [2.75, 3.05) is 52.5 Å². The number of hydrogen-bond donors (Lipinski definition) is 0. The minimum absolute atomic E-state index is 0.119. The van der Waals surface area contributed by atoms with Crippen LogP contribution in [0.3, 0.4) is 0 Å². The fourth-order valence-corrected chi connectivity index (χ4v) is 3.30. The predicted octanol–water partition coefficient (Wildman–Crippen LogP) is 3.22. The molecule has 1 aromatic carbocycles. The molecule has 1 aliphatic rings. The lowest BCUT2D eigenvalue weighted by molar-refractivity contribution is -0.174. The summed E-state index contributed by atoms with van der Waals surface area (Å²) in [6.45, 7) is 6.05. The molecule has 0 radical (unpaired) electrons. The van der Waals surface area contributed by atoms with Gasteiger partial charge in [0.2, 0.25) is 11.7 Å². The van der Waals surface area contributed by atoms with Gasteiger partial charge in [-0.15, -0.1) is 0 Å². The third-order valence-electron chi connectivity index (χ3n) is 4.75. The van der Waals surface area contributed by atoms with Crippen LogP contribution >= 0.6 is 0 Å². The molecule has 0 unspecified atom stereocenters. The molecule has 30 heavy (non-hydrogen) atoms. The zero-order valence-electron chi connectivity index (χ0n) is 17.0. The van der Waals surface area contributed by atoms with Gasteiger partial charge in [-0.3, -0.25) is 4.90 Å². The highest BCUT2D eigenvalue weighted by Crippen LogP contribution is 2.27. The van der Waals surface area contributed by atoms with Crippen LogP contribution in [0.25, 0.3) is 11.4 Å². The minimum atomic E-state index is -4.26. The van der Waals surface area contributed by atoms with Gasteiger partial charge in [0, 0.05) is 39.3 Å². The molecule has 1 aliphatic heterocycles. The number of benzene rings is 1. The van der Waals surface area contributed by atoms with Gasteiger partial charge in [-0.1, -0.05) is 17.3 Å². The Kier molecular flexibility index (Phi) is 8.06. The summed E-state index contributed by atoms with van der Waals surface area (Å²) in [6.07, 6.45) is -3.67. The smallest absolute Gasteiger partial charge is 0.411 e. The first-order valence-corrected chi connectivity index (χ1v) is 10.1. The first-order chi connectivity index (χ1) is 14.4. The molecule has 0 amide bonds. The molecular weight excluding hydrogens is 401 g/mol. The largest absolute Gasteiger partial charge is 0.493 e. The lowest BCUT2D eigenvalue weighted by Gasteiger charge is -2.33. The molecule has 0 saturated carbocycles. The molecule has 2 aromatic rings. The van der Waals surface area contributed by atoms with Gasteiger partial charge in [0.15, 0.2) is 0 Å². The standard InChI is InChI=1S/C20H27F3N4O3/c1-2-29-17-7-4-3-6-16(17)19-24-18(30-25-19)14-27-11-9-26(10-12-27)8-5-13-28-15-20(21,22)23/h3-4,6-7H,2,5,8-15H2,1H3. The molecular formula is C20H27F3N4O3. The summed E-state index contributed by atoms with van der Waals surface area (Å²) in [5, 5.41) is 4.09. The summed E-state index contributed by atoms with van der Waals surface area (Å²) in [6, 6.07) is 7.58. The quantitative estimate of drug-likeness (QED) is 0.539. The monoisotopic (exact) mass is 428 g/mol. The Morgan fingerprint density at radius 3 is 2.57 bits per heavy atom. The Bertz CT molecular complexity index is 777. The number of halogens is 3. The average Bonchev–Trinajstić information content (AvgIpc) is 3.17. The number of alkyl halides is 3. The fourth-order valence-electron chi connectivity index (χ4n) is 3.30. The van der Waals surface area contributed by atoms with Gasteiger partial charge in [-0.2, -0.15) is 18.2 Å². The summed E-state index contributed by atoms with van der Waals surface area (Å²) in [5.74, 6) is 1.78. The van der Waals surface area contributed by atoms with Crippen LogP contribution in [-0.4, -0.2) is 78.7 Å². The Morgan fingerprint density at radius 2 is 1.83 bits per heavy atom. The van der Waals surface area contributed by atoms with Gasteiger partial charge in [0.25, 0.3) is 0 Å². The van der Waals surface area contributed by atoms with Crippen molar-refractivity contribution in [2.24, 2.45) is 0 Å². The molecule has 0 atom stereocenters. The number of rotatable bonds is 10. The van der Waals surface area contributed by atoms with Crippen LogP contribution in [0.15, 0.2) is 28.8 Å². The van der Waals surface area contributed by atoms with E-state index in [2.05, 4.69) is 24.7 Å². The Morgan fingerprint density at radius 1 is 1.10 bits per heavy atom. The predicted molar refractivity (Wildman–Crippen MR) is 104 cm³/mol. The molecule has 1 fully saturated rings. The van der Waals surface area contributed by atoms with E-state index < -0.39 is 12.8 Å². The number of nitrogens with zero attached hydrogens (tertiary/aromatic N) is 4. The molecule has 7 nitrogen and oxygen atoms in total. The highest BCUT2D eigenvalue weighted by molar-refractivity contribution is 5.63. The number of aromatic nitrogens is 2. The molecule has 0 aliphatic carbocycles. The highest BCUT2D eigenvalue weighted by atomic mass is 19.4. The maximum Gasteiger partial charge on any atom is 0.411 e. The van der Waals surface area contributed by atoms with E-state index in [0.717, 1.165) is 44.0 Å². The Balaban J connectivity index is 1.41. The number of piperazine rings is 1. The van der Waals surface area contributed by atoms with E-state index in [-0.39, 0.29) is 6.61 Å². The average molecular weight is 428 g/mol. The lowest BCUT2D eigenvalue weighted by Crippen LogP contribution is -2.46. The number of para-hydroxylation sites is 1. The lowest BCUT2D eigenvalue weighted by atomic mass is 10.2. The molecule has 2 heterocycles. The highest BCUT2D eigenvalue weighted by Gasteiger charge is 2.27. The Labute approximate surface area is 173 Å². The van der Waals surface area contributed by atoms with Gasteiger partial charge in [-0.25, -0.2) is 0 Å². The van der Waals surface area contributed by atoms with Gasteiger partial charge < -0.3 is 18.9 Å². The zero-order chi connectivity index (χ0) is 21.4. The van der Waals surface area contributed by atoms with Crippen molar-refractivity contribution in [1.29, 1.82) is 0 Å². The molecule has 1 saturated heterocycles. The van der Waals surface area contributed by atoms with Crippen molar-refractivity contribution in [3.05, 3.63) is 30.2 Å². The van der Waals surface area contributed by atoms with Gasteiger partial charge in [0.1, 0.15) is 12.4 Å². The van der Waals surface area contributed by atoms with Crippen LogP contribution < -0.4 is 4.74 Å². The molecule has 0 bridgehead atoms. The van der Waals surface area contributed by atoms with E-state index >= 15 is 0 Å². The maximum atomic E-state index is 12.0. The molecule has 3 rings (SSSR count). The summed E-state index contributed by atoms with van der Waals surface area (Å²) < 4.78 is 51.8.